The van der Waals surface area contributed by atoms with Gasteiger partial charge in [0.1, 0.15) is 6.54 Å². The maximum Gasteiger partial charge on any atom is 0.244 e. The van der Waals surface area contributed by atoms with Crippen molar-refractivity contribution >= 4 is 34.0 Å². The van der Waals surface area contributed by atoms with Crippen molar-refractivity contribution in [3.05, 3.63) is 65.5 Å². The number of piperidine rings is 1. The van der Waals surface area contributed by atoms with Gasteiger partial charge >= 0.3 is 0 Å². The average Bonchev–Trinajstić information content (AvgIpc) is 3.26. The lowest BCUT2D eigenvalue weighted by molar-refractivity contribution is -0.140. The summed E-state index contributed by atoms with van der Waals surface area (Å²) in [6.45, 7) is 2.24. The number of hydrogen-bond acceptors (Lipinski definition) is 6. The quantitative estimate of drug-likeness (QED) is 0.557. The Morgan fingerprint density at radius 2 is 1.82 bits per heavy atom. The Bertz CT molecular complexity index is 1080. The Hall–Kier alpha value is -3.23. The maximum absolute atomic E-state index is 13.3. The molecule has 1 fully saturated rings. The van der Waals surface area contributed by atoms with Crippen molar-refractivity contribution in [2.24, 2.45) is 5.92 Å². The number of benzene rings is 2. The summed E-state index contributed by atoms with van der Waals surface area (Å²) in [4.78, 5) is 34.4. The van der Waals surface area contributed by atoms with Crippen LogP contribution in [0.25, 0.3) is 11.3 Å². The minimum Gasteiger partial charge on any atom is -0.375 e. The number of amides is 2. The lowest BCUT2D eigenvalue weighted by atomic mass is 9.95. The summed E-state index contributed by atoms with van der Waals surface area (Å²) in [5, 5.41) is 5.35. The topological polar surface area (TPSA) is 91.6 Å². The molecule has 7 nitrogen and oxygen atoms in total. The Morgan fingerprint density at radius 1 is 1.12 bits per heavy atom. The van der Waals surface area contributed by atoms with Crippen LogP contribution < -0.4 is 11.1 Å². The van der Waals surface area contributed by atoms with Gasteiger partial charge in [-0.2, -0.15) is 0 Å². The molecule has 0 radical (unpaired) electrons. The van der Waals surface area contributed by atoms with E-state index in [1.165, 1.54) is 11.3 Å². The van der Waals surface area contributed by atoms with Crippen LogP contribution in [0.5, 0.6) is 0 Å². The zero-order valence-corrected chi connectivity index (χ0v) is 19.6. The van der Waals surface area contributed by atoms with E-state index in [0.717, 1.165) is 42.8 Å². The van der Waals surface area contributed by atoms with Crippen LogP contribution in [-0.4, -0.2) is 53.3 Å². The molecule has 3 N–H and O–H groups in total. The number of anilines is 2. The van der Waals surface area contributed by atoms with E-state index in [2.05, 4.69) is 22.2 Å². The molecule has 2 aromatic carbocycles. The zero-order chi connectivity index (χ0) is 23.2. The van der Waals surface area contributed by atoms with Gasteiger partial charge in [-0.15, -0.1) is 11.3 Å². The van der Waals surface area contributed by atoms with Crippen molar-refractivity contribution in [3.63, 3.8) is 0 Å². The molecule has 1 aliphatic rings. The average molecular weight is 464 g/mol. The molecule has 0 atom stereocenters. The van der Waals surface area contributed by atoms with Crippen LogP contribution in [-0.2, 0) is 16.1 Å². The van der Waals surface area contributed by atoms with Crippen LogP contribution in [0.2, 0.25) is 0 Å². The largest absolute Gasteiger partial charge is 0.375 e. The molecule has 172 valence electrons. The highest BCUT2D eigenvalue weighted by Crippen LogP contribution is 2.24. The first-order valence-corrected chi connectivity index (χ1v) is 12.0. The molecular weight excluding hydrogens is 434 g/mol. The van der Waals surface area contributed by atoms with Crippen molar-refractivity contribution in [1.29, 1.82) is 0 Å². The van der Waals surface area contributed by atoms with Gasteiger partial charge in [0, 0.05) is 29.1 Å². The number of carbonyl (C=O) groups is 2. The fourth-order valence-corrected chi connectivity index (χ4v) is 4.62. The molecule has 3 aromatic rings. The van der Waals surface area contributed by atoms with Gasteiger partial charge in [0.05, 0.1) is 5.69 Å². The van der Waals surface area contributed by atoms with Crippen molar-refractivity contribution in [3.8, 4) is 11.3 Å². The molecule has 1 aliphatic heterocycles. The molecule has 4 rings (SSSR count). The molecule has 0 unspecified atom stereocenters. The van der Waals surface area contributed by atoms with Gasteiger partial charge in [0.2, 0.25) is 11.8 Å². The molecule has 8 heteroatoms. The number of hydrogen-bond donors (Lipinski definition) is 2. The molecule has 0 bridgehead atoms. The predicted molar refractivity (Wildman–Crippen MR) is 133 cm³/mol. The number of nitrogen functional groups attached to an aromatic ring is 1. The first-order chi connectivity index (χ1) is 16.0. The molecule has 0 spiro atoms. The van der Waals surface area contributed by atoms with Gasteiger partial charge in [-0.1, -0.05) is 42.5 Å². The Kier molecular flexibility index (Phi) is 7.36. The van der Waals surface area contributed by atoms with Crippen LogP contribution in [0, 0.1) is 5.92 Å². The third kappa shape index (κ3) is 6.18. The van der Waals surface area contributed by atoms with E-state index in [9.17, 15) is 9.59 Å². The lowest BCUT2D eigenvalue weighted by Gasteiger charge is -2.32. The normalized spacial score (nSPS) is 14.7. The first-order valence-electron chi connectivity index (χ1n) is 11.1. The highest BCUT2D eigenvalue weighted by molar-refractivity contribution is 7.13. The fraction of sp³-hybridized carbons (Fsp3) is 0.320. The smallest absolute Gasteiger partial charge is 0.244 e. The standard InChI is InChI=1S/C25H29N5O2S/c1-29-13-11-20(12-14-29)24(32)30(15-18-5-3-2-4-6-18)16-23(31)27-21-9-7-19(8-10-21)22-17-33-25(26)28-22/h2-10,17,20H,11-16H2,1H3,(H2,26,28)(H,27,31). The summed E-state index contributed by atoms with van der Waals surface area (Å²) >= 11 is 1.39. The second kappa shape index (κ2) is 10.6. The Labute approximate surface area is 198 Å². The minimum absolute atomic E-state index is 0.0183. The van der Waals surface area contributed by atoms with Crippen LogP contribution in [0.15, 0.2) is 60.0 Å². The van der Waals surface area contributed by atoms with E-state index in [4.69, 9.17) is 5.73 Å². The molecule has 0 saturated carbocycles. The van der Waals surface area contributed by atoms with E-state index in [1.807, 2.05) is 60.0 Å². The molecule has 1 saturated heterocycles. The van der Waals surface area contributed by atoms with Gasteiger partial charge in [0.15, 0.2) is 5.13 Å². The van der Waals surface area contributed by atoms with Gasteiger partial charge in [-0.05, 0) is 50.7 Å². The van der Waals surface area contributed by atoms with Crippen molar-refractivity contribution in [2.75, 3.05) is 37.7 Å². The summed E-state index contributed by atoms with van der Waals surface area (Å²) in [7, 11) is 2.07. The van der Waals surface area contributed by atoms with E-state index in [-0.39, 0.29) is 24.3 Å². The summed E-state index contributed by atoms with van der Waals surface area (Å²) in [6.07, 6.45) is 1.65. The van der Waals surface area contributed by atoms with Gasteiger partial charge in [-0.25, -0.2) is 4.98 Å². The molecule has 33 heavy (non-hydrogen) atoms. The summed E-state index contributed by atoms with van der Waals surface area (Å²) in [5.41, 5.74) is 9.15. The van der Waals surface area contributed by atoms with Crippen LogP contribution in [0.1, 0.15) is 18.4 Å². The number of nitrogens with one attached hydrogen (secondary N) is 1. The van der Waals surface area contributed by atoms with Crippen LogP contribution in [0.3, 0.4) is 0 Å². The van der Waals surface area contributed by atoms with E-state index in [0.29, 0.717) is 17.4 Å². The number of rotatable bonds is 7. The third-order valence-electron chi connectivity index (χ3n) is 5.92. The van der Waals surface area contributed by atoms with Gasteiger partial charge in [0.25, 0.3) is 0 Å². The third-order valence-corrected chi connectivity index (χ3v) is 6.59. The van der Waals surface area contributed by atoms with Crippen LogP contribution in [0.4, 0.5) is 10.8 Å². The van der Waals surface area contributed by atoms with E-state index >= 15 is 0 Å². The number of likely N-dealkylation sites (tertiary alicyclic amines) is 1. The summed E-state index contributed by atoms with van der Waals surface area (Å²) < 4.78 is 0. The number of carbonyl (C=O) groups excluding carboxylic acids is 2. The maximum atomic E-state index is 13.3. The zero-order valence-electron chi connectivity index (χ0n) is 18.7. The number of aromatic nitrogens is 1. The molecule has 2 heterocycles. The van der Waals surface area contributed by atoms with Gasteiger partial charge in [-0.3, -0.25) is 9.59 Å². The van der Waals surface area contributed by atoms with Crippen molar-refractivity contribution in [1.82, 2.24) is 14.8 Å². The van der Waals surface area contributed by atoms with Crippen molar-refractivity contribution in [2.45, 2.75) is 19.4 Å². The first kappa shape index (κ1) is 22.9. The monoisotopic (exact) mass is 463 g/mol. The second-order valence-corrected chi connectivity index (χ2v) is 9.34. The highest BCUT2D eigenvalue weighted by atomic mass is 32.1. The Balaban J connectivity index is 1.42. The highest BCUT2D eigenvalue weighted by Gasteiger charge is 2.28. The van der Waals surface area contributed by atoms with Gasteiger partial charge < -0.3 is 20.9 Å². The SMILES string of the molecule is CN1CCC(C(=O)N(CC(=O)Nc2ccc(-c3csc(N)n3)cc2)Cc2ccccc2)CC1. The number of thiazole rings is 1. The predicted octanol–water partition coefficient (Wildman–Crippen LogP) is 3.70. The summed E-state index contributed by atoms with van der Waals surface area (Å²) in [5.74, 6) is -0.195. The molecule has 0 aliphatic carbocycles. The summed E-state index contributed by atoms with van der Waals surface area (Å²) in [6, 6.07) is 17.3. The van der Waals surface area contributed by atoms with Crippen molar-refractivity contribution < 1.29 is 9.59 Å². The molecule has 2 amide bonds. The van der Waals surface area contributed by atoms with Crippen LogP contribution >= 0.6 is 11.3 Å². The molecule has 1 aromatic heterocycles. The minimum atomic E-state index is -0.210. The van der Waals surface area contributed by atoms with E-state index in [1.54, 1.807) is 4.90 Å². The number of nitrogens with two attached hydrogens (primary N) is 1. The second-order valence-electron chi connectivity index (χ2n) is 8.45. The fourth-order valence-electron chi connectivity index (χ4n) is 4.05. The lowest BCUT2D eigenvalue weighted by Crippen LogP contribution is -2.44. The number of nitrogens with zero attached hydrogens (tertiary/aromatic N) is 3. The van der Waals surface area contributed by atoms with E-state index < -0.39 is 0 Å². The Morgan fingerprint density at radius 3 is 2.45 bits per heavy atom. The molecular formula is C25H29N5O2S.